The fourth-order valence-electron chi connectivity index (χ4n) is 1.22. The van der Waals surface area contributed by atoms with E-state index in [9.17, 15) is 18.7 Å². The number of halogens is 1. The topological polar surface area (TPSA) is 86.2 Å². The average Bonchev–Trinajstić information content (AvgIpc) is 2.17. The van der Waals surface area contributed by atoms with Crippen molar-refractivity contribution in [1.29, 1.82) is 0 Å². The number of nitrogens with zero attached hydrogens (tertiary/aromatic N) is 1. The summed E-state index contributed by atoms with van der Waals surface area (Å²) in [4.78, 5) is 10.0. The van der Waals surface area contributed by atoms with E-state index in [-0.39, 0.29) is 29.3 Å². The van der Waals surface area contributed by atoms with Gasteiger partial charge in [-0.3, -0.25) is 14.3 Å². The van der Waals surface area contributed by atoms with E-state index in [2.05, 4.69) is 0 Å². The Morgan fingerprint density at radius 2 is 2.19 bits per heavy atom. The molecule has 1 aromatic rings. The largest absolute Gasteiger partial charge is 0.330 e. The first-order chi connectivity index (χ1) is 7.54. The summed E-state index contributed by atoms with van der Waals surface area (Å²) >= 11 is 0. The predicted molar refractivity (Wildman–Crippen MR) is 58.8 cm³/mol. The maximum Gasteiger partial charge on any atom is 0.273 e. The Bertz CT molecular complexity index is 425. The Labute approximate surface area is 94.1 Å². The van der Waals surface area contributed by atoms with Gasteiger partial charge in [-0.15, -0.1) is 0 Å². The Kier molecular flexibility index (Phi) is 4.51. The minimum absolute atomic E-state index is 0.0503. The van der Waals surface area contributed by atoms with Crippen LogP contribution in [0.5, 0.6) is 0 Å². The molecule has 0 amide bonds. The highest BCUT2D eigenvalue weighted by Crippen LogP contribution is 2.20. The molecule has 1 rings (SSSR count). The third kappa shape index (κ3) is 3.35. The second-order valence-corrected chi connectivity index (χ2v) is 4.68. The van der Waals surface area contributed by atoms with Gasteiger partial charge in [0.25, 0.3) is 5.69 Å². The Morgan fingerprint density at radius 3 is 2.75 bits per heavy atom. The third-order valence-electron chi connectivity index (χ3n) is 1.90. The van der Waals surface area contributed by atoms with Gasteiger partial charge in [0.1, 0.15) is 5.82 Å². The van der Waals surface area contributed by atoms with Crippen LogP contribution in [-0.4, -0.2) is 21.4 Å². The summed E-state index contributed by atoms with van der Waals surface area (Å²) < 4.78 is 24.3. The van der Waals surface area contributed by atoms with E-state index < -0.39 is 21.5 Å². The third-order valence-corrected chi connectivity index (χ3v) is 3.22. The van der Waals surface area contributed by atoms with Gasteiger partial charge in [0, 0.05) is 34.7 Å². The molecule has 2 N–H and O–H groups in total. The molecule has 0 bridgehead atoms. The number of nitrogens with two attached hydrogens (primary N) is 1. The molecule has 7 heteroatoms. The lowest BCUT2D eigenvalue weighted by molar-refractivity contribution is -0.385. The summed E-state index contributed by atoms with van der Waals surface area (Å²) in [5, 5.41) is 10.6. The lowest BCUT2D eigenvalue weighted by atomic mass is 10.2. The molecule has 0 aliphatic heterocycles. The van der Waals surface area contributed by atoms with E-state index >= 15 is 0 Å². The highest BCUT2D eigenvalue weighted by atomic mass is 32.2. The zero-order valence-corrected chi connectivity index (χ0v) is 9.21. The van der Waals surface area contributed by atoms with Crippen LogP contribution in [0.1, 0.15) is 5.56 Å². The SMILES string of the molecule is NCCS(=O)Cc1cc(F)ccc1[N+](=O)[O-]. The Hall–Kier alpha value is -1.34. The van der Waals surface area contributed by atoms with Gasteiger partial charge in [-0.25, -0.2) is 4.39 Å². The smallest absolute Gasteiger partial charge is 0.273 e. The number of benzene rings is 1. The maximum atomic E-state index is 12.9. The quantitative estimate of drug-likeness (QED) is 0.618. The molecule has 0 fully saturated rings. The zero-order chi connectivity index (χ0) is 12.1. The molecule has 1 aromatic carbocycles. The summed E-state index contributed by atoms with van der Waals surface area (Å²) in [6, 6.07) is 3.12. The van der Waals surface area contributed by atoms with Gasteiger partial charge in [-0.1, -0.05) is 0 Å². The zero-order valence-electron chi connectivity index (χ0n) is 8.39. The minimum atomic E-state index is -1.30. The molecular weight excluding hydrogens is 235 g/mol. The van der Waals surface area contributed by atoms with Crippen molar-refractivity contribution >= 4 is 16.5 Å². The fraction of sp³-hybridized carbons (Fsp3) is 0.333. The number of hydrogen-bond acceptors (Lipinski definition) is 4. The molecule has 0 saturated carbocycles. The van der Waals surface area contributed by atoms with Crippen molar-refractivity contribution in [3.63, 3.8) is 0 Å². The van der Waals surface area contributed by atoms with E-state index in [0.29, 0.717) is 0 Å². The van der Waals surface area contributed by atoms with E-state index in [4.69, 9.17) is 5.73 Å². The second-order valence-electron chi connectivity index (χ2n) is 3.11. The van der Waals surface area contributed by atoms with Crippen LogP contribution in [0.4, 0.5) is 10.1 Å². The molecule has 1 atom stereocenters. The van der Waals surface area contributed by atoms with Gasteiger partial charge in [-0.2, -0.15) is 0 Å². The summed E-state index contributed by atoms with van der Waals surface area (Å²) in [6.45, 7) is 0.232. The van der Waals surface area contributed by atoms with E-state index in [1.54, 1.807) is 0 Å². The van der Waals surface area contributed by atoms with Crippen LogP contribution >= 0.6 is 0 Å². The Balaban J connectivity index is 2.96. The molecule has 1 unspecified atom stereocenters. The first kappa shape index (κ1) is 12.7. The normalized spacial score (nSPS) is 12.4. The molecule has 16 heavy (non-hydrogen) atoms. The number of nitro groups is 1. The lowest BCUT2D eigenvalue weighted by Gasteiger charge is -2.02. The van der Waals surface area contributed by atoms with E-state index in [0.717, 1.165) is 18.2 Å². The van der Waals surface area contributed by atoms with Crippen molar-refractivity contribution in [3.05, 3.63) is 39.7 Å². The van der Waals surface area contributed by atoms with Crippen molar-refractivity contribution < 1.29 is 13.5 Å². The van der Waals surface area contributed by atoms with Gasteiger partial charge in [0.05, 0.1) is 10.7 Å². The average molecular weight is 246 g/mol. The van der Waals surface area contributed by atoms with Gasteiger partial charge < -0.3 is 5.73 Å². The maximum absolute atomic E-state index is 12.9. The molecule has 0 spiro atoms. The summed E-state index contributed by atoms with van der Waals surface area (Å²) in [5.74, 6) is -0.385. The van der Waals surface area contributed by atoms with E-state index in [1.807, 2.05) is 0 Å². The van der Waals surface area contributed by atoms with Crippen molar-refractivity contribution in [1.82, 2.24) is 0 Å². The summed E-state index contributed by atoms with van der Waals surface area (Å²) in [5.41, 5.74) is 5.13. The fourth-order valence-corrected chi connectivity index (χ4v) is 2.21. The van der Waals surface area contributed by atoms with Gasteiger partial charge in [0.2, 0.25) is 0 Å². The molecule has 0 aromatic heterocycles. The lowest BCUT2D eigenvalue weighted by Crippen LogP contribution is -2.12. The number of nitro benzene ring substituents is 1. The van der Waals surface area contributed by atoms with Crippen LogP contribution in [0.25, 0.3) is 0 Å². The van der Waals surface area contributed by atoms with Crippen LogP contribution in [0.3, 0.4) is 0 Å². The molecule has 0 saturated heterocycles. The van der Waals surface area contributed by atoms with E-state index in [1.165, 1.54) is 0 Å². The van der Waals surface area contributed by atoms with Crippen molar-refractivity contribution in [2.24, 2.45) is 5.73 Å². The predicted octanol–water partition coefficient (Wildman–Crippen LogP) is 0.941. The summed E-state index contributed by atoms with van der Waals surface area (Å²) in [6.07, 6.45) is 0. The number of hydrogen-bond donors (Lipinski definition) is 1. The molecular formula is C9H11FN2O3S. The molecule has 0 aliphatic carbocycles. The molecule has 0 aliphatic rings. The standard InChI is InChI=1S/C9H11FN2O3S/c10-8-1-2-9(12(13)14)7(5-8)6-16(15)4-3-11/h1-2,5H,3-4,6,11H2. The van der Waals surface area contributed by atoms with Crippen LogP contribution in [0, 0.1) is 15.9 Å². The minimum Gasteiger partial charge on any atom is -0.330 e. The molecule has 5 nitrogen and oxygen atoms in total. The van der Waals surface area contributed by atoms with Gasteiger partial charge in [0.15, 0.2) is 0 Å². The first-order valence-corrected chi connectivity index (χ1v) is 6.01. The van der Waals surface area contributed by atoms with Crippen LogP contribution in [0.2, 0.25) is 0 Å². The molecule has 0 radical (unpaired) electrons. The number of rotatable bonds is 5. The highest BCUT2D eigenvalue weighted by molar-refractivity contribution is 7.84. The van der Waals surface area contributed by atoms with Crippen molar-refractivity contribution in [3.8, 4) is 0 Å². The molecule has 88 valence electrons. The van der Waals surface area contributed by atoms with Crippen LogP contribution in [-0.2, 0) is 16.6 Å². The molecule has 0 heterocycles. The van der Waals surface area contributed by atoms with Gasteiger partial charge in [-0.05, 0) is 12.1 Å². The second kappa shape index (κ2) is 5.66. The van der Waals surface area contributed by atoms with Gasteiger partial charge >= 0.3 is 0 Å². The monoisotopic (exact) mass is 246 g/mol. The van der Waals surface area contributed by atoms with Crippen molar-refractivity contribution in [2.75, 3.05) is 12.3 Å². The van der Waals surface area contributed by atoms with Crippen molar-refractivity contribution in [2.45, 2.75) is 5.75 Å². The first-order valence-electron chi connectivity index (χ1n) is 4.52. The van der Waals surface area contributed by atoms with Crippen LogP contribution in [0.15, 0.2) is 18.2 Å². The highest BCUT2D eigenvalue weighted by Gasteiger charge is 2.16. The van der Waals surface area contributed by atoms with Crippen LogP contribution < -0.4 is 5.73 Å². The summed E-state index contributed by atoms with van der Waals surface area (Å²) in [7, 11) is -1.30. The Morgan fingerprint density at radius 1 is 1.50 bits per heavy atom.